The van der Waals surface area contributed by atoms with Crippen LogP contribution < -0.4 is 10.6 Å². The largest absolute Gasteiger partial charge is 0.452 e. The van der Waals surface area contributed by atoms with Crippen molar-refractivity contribution in [1.29, 1.82) is 0 Å². The van der Waals surface area contributed by atoms with Gasteiger partial charge in [0.05, 0.1) is 17.0 Å². The Labute approximate surface area is 165 Å². The van der Waals surface area contributed by atoms with Crippen LogP contribution in [0.1, 0.15) is 10.4 Å². The van der Waals surface area contributed by atoms with E-state index in [0.717, 1.165) is 15.7 Å². The van der Waals surface area contributed by atoms with Crippen LogP contribution in [-0.4, -0.2) is 30.1 Å². The van der Waals surface area contributed by atoms with Crippen molar-refractivity contribution < 1.29 is 19.1 Å². The van der Waals surface area contributed by atoms with Gasteiger partial charge >= 0.3 is 5.97 Å². The Morgan fingerprint density at radius 1 is 1.07 bits per heavy atom. The van der Waals surface area contributed by atoms with Gasteiger partial charge in [-0.05, 0) is 29.7 Å². The number of carbonyl (C=O) groups is 3. The summed E-state index contributed by atoms with van der Waals surface area (Å²) in [5, 5.41) is 7.41. The quantitative estimate of drug-likeness (QED) is 0.662. The number of ether oxygens (including phenoxy) is 1. The van der Waals surface area contributed by atoms with Crippen molar-refractivity contribution in [3.05, 3.63) is 66.2 Å². The van der Waals surface area contributed by atoms with Crippen LogP contribution in [0.25, 0.3) is 10.8 Å². The van der Waals surface area contributed by atoms with Crippen molar-refractivity contribution >= 4 is 51.7 Å². The Morgan fingerprint density at radius 3 is 2.79 bits per heavy atom. The monoisotopic (exact) mass is 392 g/mol. The highest BCUT2D eigenvalue weighted by Gasteiger charge is 2.18. The van der Waals surface area contributed by atoms with Gasteiger partial charge in [0.25, 0.3) is 5.91 Å². The maximum atomic E-state index is 12.3. The summed E-state index contributed by atoms with van der Waals surface area (Å²) in [6, 6.07) is 18.2. The second-order valence-electron chi connectivity index (χ2n) is 6.20. The average molecular weight is 392 g/mol. The molecule has 1 heterocycles. The Hall–Kier alpha value is -3.32. The topological polar surface area (TPSA) is 84.5 Å². The van der Waals surface area contributed by atoms with E-state index in [9.17, 15) is 14.4 Å². The minimum atomic E-state index is -0.624. The van der Waals surface area contributed by atoms with E-state index in [0.29, 0.717) is 17.1 Å². The first-order valence-electron chi connectivity index (χ1n) is 8.61. The van der Waals surface area contributed by atoms with Crippen molar-refractivity contribution in [3.63, 3.8) is 0 Å². The molecule has 3 aromatic carbocycles. The lowest BCUT2D eigenvalue weighted by Crippen LogP contribution is -2.22. The molecule has 2 amide bonds. The van der Waals surface area contributed by atoms with Crippen LogP contribution in [0.3, 0.4) is 0 Å². The molecule has 0 fully saturated rings. The summed E-state index contributed by atoms with van der Waals surface area (Å²) in [6.07, 6.45) is 0. The average Bonchev–Trinajstić information content (AvgIpc) is 2.71. The molecule has 6 nitrogen and oxygen atoms in total. The normalized spacial score (nSPS) is 12.8. The van der Waals surface area contributed by atoms with Gasteiger partial charge < -0.3 is 15.4 Å². The van der Waals surface area contributed by atoms with Gasteiger partial charge in [-0.3, -0.25) is 9.59 Å². The number of hydrogen-bond acceptors (Lipinski definition) is 5. The molecule has 0 unspecified atom stereocenters. The molecule has 0 bridgehead atoms. The number of hydrogen-bond donors (Lipinski definition) is 2. The van der Waals surface area contributed by atoms with Gasteiger partial charge in [0, 0.05) is 16.0 Å². The fourth-order valence-electron chi connectivity index (χ4n) is 2.95. The summed E-state index contributed by atoms with van der Waals surface area (Å²) in [7, 11) is 0. The third-order valence-electron chi connectivity index (χ3n) is 4.25. The fourth-order valence-corrected chi connectivity index (χ4v) is 3.73. The van der Waals surface area contributed by atoms with Gasteiger partial charge in [0.1, 0.15) is 0 Å². The van der Waals surface area contributed by atoms with Crippen LogP contribution in [0.2, 0.25) is 0 Å². The maximum Gasteiger partial charge on any atom is 0.338 e. The molecule has 140 valence electrons. The number of carbonyl (C=O) groups excluding carboxylic acids is 3. The van der Waals surface area contributed by atoms with Crippen molar-refractivity contribution in [3.8, 4) is 0 Å². The van der Waals surface area contributed by atoms with Crippen molar-refractivity contribution in [1.82, 2.24) is 0 Å². The summed E-state index contributed by atoms with van der Waals surface area (Å²) >= 11 is 1.41. The molecule has 0 saturated carbocycles. The van der Waals surface area contributed by atoms with Crippen molar-refractivity contribution in [2.45, 2.75) is 4.90 Å². The molecule has 0 atom stereocenters. The molecule has 1 aliphatic heterocycles. The van der Waals surface area contributed by atoms with E-state index in [-0.39, 0.29) is 11.5 Å². The molecular weight excluding hydrogens is 376 g/mol. The number of anilines is 2. The van der Waals surface area contributed by atoms with Crippen LogP contribution in [0, 0.1) is 0 Å². The van der Waals surface area contributed by atoms with Gasteiger partial charge in [0.2, 0.25) is 5.91 Å². The first-order chi connectivity index (χ1) is 13.6. The van der Waals surface area contributed by atoms with E-state index in [1.54, 1.807) is 24.3 Å². The van der Waals surface area contributed by atoms with E-state index in [2.05, 4.69) is 10.6 Å². The minimum absolute atomic E-state index is 0.113. The van der Waals surface area contributed by atoms with Crippen LogP contribution in [0.5, 0.6) is 0 Å². The molecule has 0 aromatic heterocycles. The number of nitrogens with one attached hydrogen (secondary N) is 2. The SMILES string of the molecule is O=C1CSc2ccc(C(=O)OCC(=O)Nc3cccc4ccccc34)cc2N1. The van der Waals surface area contributed by atoms with Gasteiger partial charge in [-0.15, -0.1) is 11.8 Å². The van der Waals surface area contributed by atoms with Gasteiger partial charge in [-0.25, -0.2) is 4.79 Å². The zero-order chi connectivity index (χ0) is 19.5. The van der Waals surface area contributed by atoms with Gasteiger partial charge in [0.15, 0.2) is 6.61 Å². The summed E-state index contributed by atoms with van der Waals surface area (Å²) < 4.78 is 5.12. The lowest BCUT2D eigenvalue weighted by atomic mass is 10.1. The van der Waals surface area contributed by atoms with Gasteiger partial charge in [-0.2, -0.15) is 0 Å². The Kier molecular flexibility index (Phi) is 4.99. The Balaban J connectivity index is 1.40. The standard InChI is InChI=1S/C21H16N2O4S/c24-19(22-16-7-3-5-13-4-1-2-6-15(13)16)11-27-21(26)14-8-9-18-17(10-14)23-20(25)12-28-18/h1-10H,11-12H2,(H,22,24)(H,23,25). The third-order valence-corrected chi connectivity index (χ3v) is 5.32. The molecule has 0 saturated heterocycles. The van der Waals surface area contributed by atoms with Crippen LogP contribution in [0.15, 0.2) is 65.6 Å². The molecule has 0 aliphatic carbocycles. The van der Waals surface area contributed by atoms with Gasteiger partial charge in [-0.1, -0.05) is 36.4 Å². The smallest absolute Gasteiger partial charge is 0.338 e. The summed E-state index contributed by atoms with van der Waals surface area (Å²) in [4.78, 5) is 36.9. The third kappa shape index (κ3) is 3.84. The molecular formula is C21H16N2O4S. The first-order valence-corrected chi connectivity index (χ1v) is 9.60. The van der Waals surface area contributed by atoms with E-state index < -0.39 is 18.5 Å². The van der Waals surface area contributed by atoms with Crippen LogP contribution in [0.4, 0.5) is 11.4 Å². The van der Waals surface area contributed by atoms with Crippen LogP contribution in [-0.2, 0) is 14.3 Å². The predicted molar refractivity (Wildman–Crippen MR) is 109 cm³/mol. The van der Waals surface area contributed by atoms with Crippen molar-refractivity contribution in [2.24, 2.45) is 0 Å². The second-order valence-corrected chi connectivity index (χ2v) is 7.22. The van der Waals surface area contributed by atoms with Crippen molar-refractivity contribution in [2.75, 3.05) is 23.0 Å². The van der Waals surface area contributed by atoms with E-state index in [1.807, 2.05) is 36.4 Å². The molecule has 0 radical (unpaired) electrons. The zero-order valence-electron chi connectivity index (χ0n) is 14.7. The van der Waals surface area contributed by atoms with E-state index in [1.165, 1.54) is 11.8 Å². The summed E-state index contributed by atoms with van der Waals surface area (Å²) in [5.41, 5.74) is 1.52. The molecule has 7 heteroatoms. The molecule has 2 N–H and O–H groups in total. The predicted octanol–water partition coefficient (Wildman–Crippen LogP) is 3.68. The molecule has 1 aliphatic rings. The number of esters is 1. The second kappa shape index (κ2) is 7.74. The summed E-state index contributed by atoms with van der Waals surface area (Å²) in [6.45, 7) is -0.403. The number of thioether (sulfide) groups is 1. The lowest BCUT2D eigenvalue weighted by molar-refractivity contribution is -0.119. The highest BCUT2D eigenvalue weighted by atomic mass is 32.2. The van der Waals surface area contributed by atoms with E-state index in [4.69, 9.17) is 4.74 Å². The molecule has 28 heavy (non-hydrogen) atoms. The lowest BCUT2D eigenvalue weighted by Gasteiger charge is -2.16. The van der Waals surface area contributed by atoms with E-state index >= 15 is 0 Å². The maximum absolute atomic E-state index is 12.3. The Bertz CT molecular complexity index is 1090. The molecule has 4 rings (SSSR count). The Morgan fingerprint density at radius 2 is 1.89 bits per heavy atom. The zero-order valence-corrected chi connectivity index (χ0v) is 15.5. The van der Waals surface area contributed by atoms with Crippen LogP contribution >= 0.6 is 11.8 Å². The minimum Gasteiger partial charge on any atom is -0.452 e. The number of amides is 2. The first kappa shape index (κ1) is 18.1. The summed E-state index contributed by atoms with van der Waals surface area (Å²) in [5.74, 6) is -0.810. The number of rotatable bonds is 4. The molecule has 0 spiro atoms. The fraction of sp³-hybridized carbons (Fsp3) is 0.0952. The number of fused-ring (bicyclic) bond motifs is 2. The highest BCUT2D eigenvalue weighted by molar-refractivity contribution is 8.00. The molecule has 3 aromatic rings. The highest BCUT2D eigenvalue weighted by Crippen LogP contribution is 2.32. The number of benzene rings is 3.